The van der Waals surface area contributed by atoms with Gasteiger partial charge in [-0.3, -0.25) is 0 Å². The third kappa shape index (κ3) is 3.04. The molecule has 0 heterocycles. The molecule has 0 aliphatic rings. The van der Waals surface area contributed by atoms with E-state index in [1.54, 1.807) is 31.2 Å². The summed E-state index contributed by atoms with van der Waals surface area (Å²) >= 11 is 1.90. The molecule has 3 nitrogen and oxygen atoms in total. The first-order valence-corrected chi connectivity index (χ1v) is 5.44. The van der Waals surface area contributed by atoms with E-state index < -0.39 is 12.1 Å². The van der Waals surface area contributed by atoms with E-state index in [-0.39, 0.29) is 5.57 Å². The molecule has 0 bridgehead atoms. The van der Waals surface area contributed by atoms with Gasteiger partial charge in [0.1, 0.15) is 6.10 Å². The highest BCUT2D eigenvalue weighted by Crippen LogP contribution is 2.26. The zero-order valence-corrected chi connectivity index (χ0v) is 10.3. The van der Waals surface area contributed by atoms with Crippen LogP contribution in [0.15, 0.2) is 39.5 Å². The van der Waals surface area contributed by atoms with Crippen LogP contribution in [0, 0.1) is 0 Å². The first-order valence-electron chi connectivity index (χ1n) is 4.36. The normalized spacial score (nSPS) is 14.3. The summed E-state index contributed by atoms with van der Waals surface area (Å²) < 4.78 is 0.580. The summed E-state index contributed by atoms with van der Waals surface area (Å²) in [4.78, 5) is 10.9. The number of hydrogen-bond donors (Lipinski definition) is 2. The Bertz CT molecular complexity index is 380. The average molecular weight is 318 g/mol. The zero-order valence-electron chi connectivity index (χ0n) is 8.14. The first-order chi connectivity index (χ1) is 7.04. The predicted octanol–water partition coefficient (Wildman–Crippen LogP) is 2.51. The SMILES string of the molecule is CC(I)=C(C(=O)O)C(O)c1ccccc1. The number of rotatable bonds is 3. The molecule has 4 heteroatoms. The topological polar surface area (TPSA) is 57.5 Å². The minimum absolute atomic E-state index is 0.0294. The van der Waals surface area contributed by atoms with Crippen LogP contribution in [0.5, 0.6) is 0 Å². The van der Waals surface area contributed by atoms with Gasteiger partial charge in [0.15, 0.2) is 0 Å². The summed E-state index contributed by atoms with van der Waals surface area (Å²) in [5.74, 6) is -1.08. The smallest absolute Gasteiger partial charge is 0.335 e. The van der Waals surface area contributed by atoms with Crippen molar-refractivity contribution in [2.75, 3.05) is 0 Å². The Balaban J connectivity index is 3.08. The predicted molar refractivity (Wildman–Crippen MR) is 65.8 cm³/mol. The summed E-state index contributed by atoms with van der Waals surface area (Å²) in [6.07, 6.45) is -1.07. The van der Waals surface area contributed by atoms with Crippen molar-refractivity contribution in [1.82, 2.24) is 0 Å². The zero-order chi connectivity index (χ0) is 11.4. The Morgan fingerprint density at radius 3 is 2.27 bits per heavy atom. The molecule has 1 rings (SSSR count). The highest BCUT2D eigenvalue weighted by molar-refractivity contribution is 14.1. The number of halogens is 1. The van der Waals surface area contributed by atoms with E-state index in [4.69, 9.17) is 5.11 Å². The number of aliphatic carboxylic acids is 1. The lowest BCUT2D eigenvalue weighted by Gasteiger charge is -2.12. The monoisotopic (exact) mass is 318 g/mol. The maximum atomic E-state index is 10.9. The third-order valence-electron chi connectivity index (χ3n) is 1.99. The molecule has 1 atom stereocenters. The number of benzene rings is 1. The number of carboxylic acid groups (broad SMARTS) is 1. The van der Waals surface area contributed by atoms with Crippen LogP contribution in [0.2, 0.25) is 0 Å². The van der Waals surface area contributed by atoms with E-state index >= 15 is 0 Å². The molecule has 0 spiro atoms. The Morgan fingerprint density at radius 2 is 1.87 bits per heavy atom. The molecular formula is C11H11IO3. The van der Waals surface area contributed by atoms with Crippen molar-refractivity contribution < 1.29 is 15.0 Å². The van der Waals surface area contributed by atoms with E-state index in [1.165, 1.54) is 0 Å². The summed E-state index contributed by atoms with van der Waals surface area (Å²) in [6, 6.07) is 8.75. The highest BCUT2D eigenvalue weighted by Gasteiger charge is 2.21. The summed E-state index contributed by atoms with van der Waals surface area (Å²) in [6.45, 7) is 1.66. The van der Waals surface area contributed by atoms with Crippen LogP contribution in [-0.2, 0) is 4.79 Å². The maximum absolute atomic E-state index is 10.9. The lowest BCUT2D eigenvalue weighted by atomic mass is 10.0. The Labute approximate surface area is 102 Å². The fourth-order valence-corrected chi connectivity index (χ4v) is 1.78. The summed E-state index contributed by atoms with van der Waals surface area (Å²) in [5, 5.41) is 18.8. The van der Waals surface area contributed by atoms with Gasteiger partial charge in [0.25, 0.3) is 0 Å². The molecule has 0 amide bonds. The number of carboxylic acids is 1. The van der Waals surface area contributed by atoms with Crippen LogP contribution in [0.3, 0.4) is 0 Å². The van der Waals surface area contributed by atoms with Gasteiger partial charge in [-0.25, -0.2) is 4.79 Å². The van der Waals surface area contributed by atoms with Crippen LogP contribution < -0.4 is 0 Å². The molecule has 80 valence electrons. The Kier molecular flexibility index (Phi) is 4.28. The first kappa shape index (κ1) is 12.2. The molecule has 2 N–H and O–H groups in total. The van der Waals surface area contributed by atoms with Gasteiger partial charge in [0, 0.05) is 3.58 Å². The van der Waals surface area contributed by atoms with E-state index in [9.17, 15) is 9.90 Å². The largest absolute Gasteiger partial charge is 0.478 e. The van der Waals surface area contributed by atoms with Crippen LogP contribution in [0.1, 0.15) is 18.6 Å². The minimum atomic E-state index is -1.08. The molecule has 1 aromatic rings. The Hall–Kier alpha value is -0.880. The second-order valence-corrected chi connectivity index (χ2v) is 4.68. The molecule has 0 aliphatic heterocycles. The van der Waals surface area contributed by atoms with Gasteiger partial charge in [-0.05, 0) is 35.1 Å². The lowest BCUT2D eigenvalue weighted by molar-refractivity contribution is -0.133. The fraction of sp³-hybridized carbons (Fsp3) is 0.182. The van der Waals surface area contributed by atoms with Crippen molar-refractivity contribution >= 4 is 28.6 Å². The van der Waals surface area contributed by atoms with Crippen molar-refractivity contribution in [1.29, 1.82) is 0 Å². The van der Waals surface area contributed by atoms with Crippen molar-refractivity contribution in [2.45, 2.75) is 13.0 Å². The highest BCUT2D eigenvalue weighted by atomic mass is 127. The number of aliphatic hydroxyl groups is 1. The van der Waals surface area contributed by atoms with Gasteiger partial charge in [0.2, 0.25) is 0 Å². The summed E-state index contributed by atoms with van der Waals surface area (Å²) in [5.41, 5.74) is 0.618. The summed E-state index contributed by atoms with van der Waals surface area (Å²) in [7, 11) is 0. The molecule has 0 fully saturated rings. The van der Waals surface area contributed by atoms with Crippen molar-refractivity contribution in [3.63, 3.8) is 0 Å². The molecule has 0 saturated carbocycles. The van der Waals surface area contributed by atoms with Gasteiger partial charge < -0.3 is 10.2 Å². The molecule has 15 heavy (non-hydrogen) atoms. The van der Waals surface area contributed by atoms with Crippen LogP contribution in [0.4, 0.5) is 0 Å². The Morgan fingerprint density at radius 1 is 1.33 bits per heavy atom. The van der Waals surface area contributed by atoms with Crippen molar-refractivity contribution in [3.8, 4) is 0 Å². The molecule has 0 aromatic heterocycles. The molecule has 1 aromatic carbocycles. The molecular weight excluding hydrogens is 307 g/mol. The fourth-order valence-electron chi connectivity index (χ4n) is 1.25. The van der Waals surface area contributed by atoms with Crippen molar-refractivity contribution in [2.24, 2.45) is 0 Å². The quantitative estimate of drug-likeness (QED) is 0.665. The molecule has 0 saturated heterocycles. The standard InChI is InChI=1S/C11H11IO3/c1-7(12)9(11(14)15)10(13)8-5-3-2-4-6-8/h2-6,10,13H,1H3,(H,14,15). The van der Waals surface area contributed by atoms with Gasteiger partial charge in [-0.1, -0.05) is 30.3 Å². The van der Waals surface area contributed by atoms with Gasteiger partial charge in [-0.15, -0.1) is 0 Å². The van der Waals surface area contributed by atoms with Crippen LogP contribution >= 0.6 is 22.6 Å². The third-order valence-corrected chi connectivity index (χ3v) is 2.57. The average Bonchev–Trinajstić information content (AvgIpc) is 2.18. The van der Waals surface area contributed by atoms with Gasteiger partial charge >= 0.3 is 5.97 Å². The molecule has 1 unspecified atom stereocenters. The number of allylic oxidation sites excluding steroid dienone is 1. The molecule has 0 aliphatic carbocycles. The number of carbonyl (C=O) groups is 1. The van der Waals surface area contributed by atoms with Gasteiger partial charge in [-0.2, -0.15) is 0 Å². The number of aliphatic hydroxyl groups excluding tert-OH is 1. The van der Waals surface area contributed by atoms with E-state index in [2.05, 4.69) is 0 Å². The van der Waals surface area contributed by atoms with E-state index in [1.807, 2.05) is 28.7 Å². The van der Waals surface area contributed by atoms with E-state index in [0.29, 0.717) is 9.14 Å². The van der Waals surface area contributed by atoms with Crippen molar-refractivity contribution in [3.05, 3.63) is 45.0 Å². The lowest BCUT2D eigenvalue weighted by Crippen LogP contribution is -2.11. The molecule has 0 radical (unpaired) electrons. The van der Waals surface area contributed by atoms with Crippen LogP contribution in [-0.4, -0.2) is 16.2 Å². The minimum Gasteiger partial charge on any atom is -0.478 e. The van der Waals surface area contributed by atoms with Gasteiger partial charge in [0.05, 0.1) is 5.57 Å². The second-order valence-electron chi connectivity index (χ2n) is 3.07. The number of hydrogen-bond acceptors (Lipinski definition) is 2. The second kappa shape index (κ2) is 5.27. The maximum Gasteiger partial charge on any atom is 0.335 e. The van der Waals surface area contributed by atoms with E-state index in [0.717, 1.165) is 0 Å². The van der Waals surface area contributed by atoms with Crippen LogP contribution in [0.25, 0.3) is 0 Å².